The van der Waals surface area contributed by atoms with Crippen LogP contribution in [0, 0.1) is 5.82 Å². The third-order valence-corrected chi connectivity index (χ3v) is 6.10. The molecular weight excluding hydrogens is 482 g/mol. The van der Waals surface area contributed by atoms with Crippen LogP contribution >= 0.6 is 0 Å². The first-order valence-corrected chi connectivity index (χ1v) is 11.9. The Bertz CT molecular complexity index is 1370. The standard InChI is InChI=1S/C25H19F4N3O2S/c1-35(34)20-13-9-17(10-14-20)23-22(16-7-11-18(26)12-8-16)24(25(27,28)29)32(31-23)15-21(33)30-19-5-3-2-4-6-19/h2-14H,15H2,1H3,(H,30,33). The summed E-state index contributed by atoms with van der Waals surface area (Å²) >= 11 is 0. The summed E-state index contributed by atoms with van der Waals surface area (Å²) in [5.41, 5.74) is -0.607. The number of carbonyl (C=O) groups excluding carboxylic acids is 1. The monoisotopic (exact) mass is 501 g/mol. The third-order valence-electron chi connectivity index (χ3n) is 5.16. The van der Waals surface area contributed by atoms with Gasteiger partial charge in [0.1, 0.15) is 18.1 Å². The second kappa shape index (κ2) is 9.83. The van der Waals surface area contributed by atoms with Crippen LogP contribution in [0.1, 0.15) is 5.69 Å². The van der Waals surface area contributed by atoms with Crippen molar-refractivity contribution in [3.8, 4) is 22.4 Å². The second-order valence-corrected chi connectivity index (χ2v) is 9.01. The molecule has 5 nitrogen and oxygen atoms in total. The first kappa shape index (κ1) is 24.3. The maximum absolute atomic E-state index is 14.3. The maximum Gasteiger partial charge on any atom is 0.433 e. The molecule has 0 radical (unpaired) electrons. The molecule has 0 fully saturated rings. The minimum absolute atomic E-state index is 0.0371. The van der Waals surface area contributed by atoms with Gasteiger partial charge in [0.05, 0.1) is 0 Å². The van der Waals surface area contributed by atoms with Gasteiger partial charge in [-0.15, -0.1) is 0 Å². The highest BCUT2D eigenvalue weighted by Gasteiger charge is 2.41. The van der Waals surface area contributed by atoms with E-state index in [9.17, 15) is 26.6 Å². The number of halogens is 4. The normalized spacial score (nSPS) is 12.4. The average molecular weight is 502 g/mol. The minimum Gasteiger partial charge on any atom is -0.324 e. The number of alkyl halides is 3. The molecule has 0 saturated carbocycles. The summed E-state index contributed by atoms with van der Waals surface area (Å²) in [5, 5.41) is 6.72. The molecule has 1 unspecified atom stereocenters. The van der Waals surface area contributed by atoms with Crippen molar-refractivity contribution >= 4 is 22.4 Å². The summed E-state index contributed by atoms with van der Waals surface area (Å²) in [6.45, 7) is -0.699. The molecule has 10 heteroatoms. The zero-order valence-electron chi connectivity index (χ0n) is 18.3. The van der Waals surface area contributed by atoms with Gasteiger partial charge in [0.15, 0.2) is 5.69 Å². The average Bonchev–Trinajstić information content (AvgIpc) is 3.19. The number of nitrogens with zero attached hydrogens (tertiary/aromatic N) is 2. The summed E-state index contributed by atoms with van der Waals surface area (Å²) in [4.78, 5) is 13.1. The molecule has 1 atom stereocenters. The molecule has 0 bridgehead atoms. The van der Waals surface area contributed by atoms with Gasteiger partial charge in [0.2, 0.25) is 5.91 Å². The van der Waals surface area contributed by atoms with E-state index in [1.165, 1.54) is 42.7 Å². The highest BCUT2D eigenvalue weighted by Crippen LogP contribution is 2.42. The number of aromatic nitrogens is 2. The summed E-state index contributed by atoms with van der Waals surface area (Å²) in [6, 6.07) is 19.0. The van der Waals surface area contributed by atoms with Crippen LogP contribution in [-0.4, -0.2) is 26.2 Å². The third kappa shape index (κ3) is 5.48. The highest BCUT2D eigenvalue weighted by molar-refractivity contribution is 7.84. The largest absolute Gasteiger partial charge is 0.433 e. The summed E-state index contributed by atoms with van der Waals surface area (Å²) in [5.74, 6) is -1.30. The van der Waals surface area contributed by atoms with Gasteiger partial charge in [0, 0.05) is 38.8 Å². The molecule has 0 aliphatic carbocycles. The predicted octanol–water partition coefficient (Wildman–Crippen LogP) is 5.75. The van der Waals surface area contributed by atoms with Gasteiger partial charge >= 0.3 is 6.18 Å². The molecule has 4 aromatic rings. The number of hydrogen-bond acceptors (Lipinski definition) is 3. The van der Waals surface area contributed by atoms with Crippen molar-refractivity contribution in [1.82, 2.24) is 9.78 Å². The van der Waals surface area contributed by atoms with Crippen LogP contribution in [0.3, 0.4) is 0 Å². The Hall–Kier alpha value is -3.79. The molecule has 0 saturated heterocycles. The van der Waals surface area contributed by atoms with E-state index in [-0.39, 0.29) is 16.8 Å². The number of nitrogens with one attached hydrogen (secondary N) is 1. The summed E-state index contributed by atoms with van der Waals surface area (Å²) in [6.07, 6.45) is -3.38. The van der Waals surface area contributed by atoms with E-state index < -0.39 is 40.9 Å². The number of hydrogen-bond donors (Lipinski definition) is 1. The lowest BCUT2D eigenvalue weighted by Gasteiger charge is -2.13. The maximum atomic E-state index is 14.3. The smallest absolute Gasteiger partial charge is 0.324 e. The topological polar surface area (TPSA) is 64.0 Å². The molecule has 1 heterocycles. The van der Waals surface area contributed by atoms with Crippen molar-refractivity contribution < 1.29 is 26.6 Å². The van der Waals surface area contributed by atoms with Crippen molar-refractivity contribution in [1.29, 1.82) is 0 Å². The van der Waals surface area contributed by atoms with Gasteiger partial charge in [-0.25, -0.2) is 9.07 Å². The lowest BCUT2D eigenvalue weighted by Crippen LogP contribution is -2.24. The predicted molar refractivity (Wildman–Crippen MR) is 125 cm³/mol. The lowest BCUT2D eigenvalue weighted by atomic mass is 9.98. The van der Waals surface area contributed by atoms with Crippen molar-refractivity contribution in [2.45, 2.75) is 17.6 Å². The summed E-state index contributed by atoms with van der Waals surface area (Å²) in [7, 11) is -1.28. The van der Waals surface area contributed by atoms with E-state index in [4.69, 9.17) is 0 Å². The molecule has 35 heavy (non-hydrogen) atoms. The van der Waals surface area contributed by atoms with Crippen LogP contribution in [0.25, 0.3) is 22.4 Å². The van der Waals surface area contributed by atoms with E-state index in [1.54, 1.807) is 30.3 Å². The van der Waals surface area contributed by atoms with Crippen LogP contribution in [0.5, 0.6) is 0 Å². The summed E-state index contributed by atoms with van der Waals surface area (Å²) < 4.78 is 68.9. The van der Waals surface area contributed by atoms with E-state index >= 15 is 0 Å². The van der Waals surface area contributed by atoms with Gasteiger partial charge < -0.3 is 5.32 Å². The van der Waals surface area contributed by atoms with E-state index in [0.717, 1.165) is 12.1 Å². The van der Waals surface area contributed by atoms with Crippen molar-refractivity contribution in [2.24, 2.45) is 0 Å². The van der Waals surface area contributed by atoms with Gasteiger partial charge in [0.25, 0.3) is 0 Å². The number of anilines is 1. The molecule has 0 aliphatic heterocycles. The Kier molecular flexibility index (Phi) is 6.83. The first-order valence-electron chi connectivity index (χ1n) is 10.4. The van der Waals surface area contributed by atoms with Gasteiger partial charge in [-0.1, -0.05) is 42.5 Å². The van der Waals surface area contributed by atoms with E-state index in [2.05, 4.69) is 10.4 Å². The number of benzene rings is 3. The Morgan fingerprint density at radius 3 is 2.11 bits per heavy atom. The van der Waals surface area contributed by atoms with Crippen LogP contribution in [0.4, 0.5) is 23.2 Å². The fourth-order valence-corrected chi connectivity index (χ4v) is 4.14. The zero-order valence-corrected chi connectivity index (χ0v) is 19.2. The molecular formula is C25H19F4N3O2S. The Labute approximate surface area is 200 Å². The Morgan fingerprint density at radius 1 is 0.943 bits per heavy atom. The van der Waals surface area contributed by atoms with Gasteiger partial charge in [-0.05, 0) is 42.0 Å². The number of amides is 1. The van der Waals surface area contributed by atoms with Crippen molar-refractivity contribution in [3.63, 3.8) is 0 Å². The van der Waals surface area contributed by atoms with Gasteiger partial charge in [-0.3, -0.25) is 9.00 Å². The number of rotatable bonds is 6. The fourth-order valence-electron chi connectivity index (χ4n) is 3.62. The van der Waals surface area contributed by atoms with Gasteiger partial charge in [-0.2, -0.15) is 18.3 Å². The second-order valence-electron chi connectivity index (χ2n) is 7.63. The van der Waals surface area contributed by atoms with Crippen LogP contribution < -0.4 is 5.32 Å². The molecule has 1 aromatic heterocycles. The molecule has 3 aromatic carbocycles. The van der Waals surface area contributed by atoms with Crippen LogP contribution in [0.2, 0.25) is 0 Å². The van der Waals surface area contributed by atoms with Crippen molar-refractivity contribution in [2.75, 3.05) is 11.6 Å². The molecule has 1 N–H and O–H groups in total. The highest BCUT2D eigenvalue weighted by atomic mass is 32.2. The minimum atomic E-state index is -4.87. The van der Waals surface area contributed by atoms with E-state index in [0.29, 0.717) is 20.8 Å². The van der Waals surface area contributed by atoms with E-state index in [1.807, 2.05) is 0 Å². The number of carbonyl (C=O) groups is 1. The molecule has 1 amide bonds. The van der Waals surface area contributed by atoms with Crippen LogP contribution in [0.15, 0.2) is 83.8 Å². The Balaban J connectivity index is 1.86. The molecule has 0 spiro atoms. The lowest BCUT2D eigenvalue weighted by molar-refractivity contribution is -0.144. The molecule has 180 valence electrons. The van der Waals surface area contributed by atoms with Crippen LogP contribution in [-0.2, 0) is 28.3 Å². The van der Waals surface area contributed by atoms with Crippen molar-refractivity contribution in [3.05, 3.63) is 90.4 Å². The Morgan fingerprint density at radius 2 is 1.54 bits per heavy atom. The molecule has 4 rings (SSSR count). The fraction of sp³-hybridized carbons (Fsp3) is 0.120. The first-order chi connectivity index (χ1) is 16.6. The molecule has 0 aliphatic rings. The zero-order chi connectivity index (χ0) is 25.2. The SMILES string of the molecule is CS(=O)c1ccc(-c2nn(CC(=O)Nc3ccccc3)c(C(F)(F)F)c2-c2ccc(F)cc2)cc1. The number of para-hydroxylation sites is 1. The quantitative estimate of drug-likeness (QED) is 0.342.